The summed E-state index contributed by atoms with van der Waals surface area (Å²) in [4.78, 5) is 0. The molecule has 0 heteroatoms. The van der Waals surface area contributed by atoms with Crippen LogP contribution in [-0.2, 0) is 5.41 Å². The molecule has 1 saturated carbocycles. The van der Waals surface area contributed by atoms with Crippen LogP contribution in [0.1, 0.15) is 31.7 Å². The lowest BCUT2D eigenvalue weighted by molar-refractivity contribution is 0.345. The van der Waals surface area contributed by atoms with Gasteiger partial charge in [-0.05, 0) is 36.2 Å². The van der Waals surface area contributed by atoms with E-state index in [0.717, 1.165) is 5.92 Å². The molecular formula is C14H16. The van der Waals surface area contributed by atoms with Gasteiger partial charge in [-0.25, -0.2) is 0 Å². The van der Waals surface area contributed by atoms with Crippen molar-refractivity contribution in [3.8, 4) is 0 Å². The smallest absolute Gasteiger partial charge is 0.000395 e. The number of rotatable bonds is 1. The Morgan fingerprint density at radius 3 is 2.57 bits per heavy atom. The maximum Gasteiger partial charge on any atom is -0.000395 e. The predicted molar refractivity (Wildman–Crippen MR) is 59.2 cm³/mol. The van der Waals surface area contributed by atoms with Crippen LogP contribution in [0.5, 0.6) is 0 Å². The van der Waals surface area contributed by atoms with Gasteiger partial charge in [-0.15, -0.1) is 0 Å². The first-order valence-electron chi connectivity index (χ1n) is 5.52. The minimum Gasteiger partial charge on any atom is -0.0850 e. The standard InChI is InChI=1S/C14H16/c1-14(12-5-3-2-4-6-12)10-11-7-8-13(14)9-11/h2-7,13H,8-10H2,1H3. The van der Waals surface area contributed by atoms with E-state index in [0.29, 0.717) is 5.41 Å². The first kappa shape index (κ1) is 8.28. The molecule has 3 rings (SSSR count). The molecule has 0 radical (unpaired) electrons. The Hall–Kier alpha value is -1.04. The van der Waals surface area contributed by atoms with Crippen molar-refractivity contribution in [1.29, 1.82) is 0 Å². The number of hydrogen-bond acceptors (Lipinski definition) is 0. The third-order valence-corrected chi connectivity index (χ3v) is 4.13. The summed E-state index contributed by atoms with van der Waals surface area (Å²) >= 11 is 0. The van der Waals surface area contributed by atoms with Gasteiger partial charge in [-0.2, -0.15) is 0 Å². The summed E-state index contributed by atoms with van der Waals surface area (Å²) in [7, 11) is 0. The summed E-state index contributed by atoms with van der Waals surface area (Å²) in [6.45, 7) is 2.44. The van der Waals surface area contributed by atoms with E-state index in [1.807, 2.05) is 0 Å². The maximum absolute atomic E-state index is 2.45. The fraction of sp³-hybridized carbons (Fsp3) is 0.429. The maximum atomic E-state index is 2.45. The van der Waals surface area contributed by atoms with Gasteiger partial charge < -0.3 is 0 Å². The molecule has 72 valence electrons. The van der Waals surface area contributed by atoms with Crippen LogP contribution in [0.2, 0.25) is 0 Å². The highest BCUT2D eigenvalue weighted by molar-refractivity contribution is 5.35. The molecule has 0 amide bonds. The molecule has 0 aliphatic heterocycles. The van der Waals surface area contributed by atoms with Gasteiger partial charge in [0.25, 0.3) is 0 Å². The van der Waals surface area contributed by atoms with E-state index < -0.39 is 0 Å². The zero-order valence-electron chi connectivity index (χ0n) is 8.66. The van der Waals surface area contributed by atoms with Crippen LogP contribution in [0.15, 0.2) is 42.0 Å². The van der Waals surface area contributed by atoms with E-state index >= 15 is 0 Å². The Bertz CT molecular complexity index is 374. The van der Waals surface area contributed by atoms with Crippen molar-refractivity contribution in [2.45, 2.75) is 31.6 Å². The summed E-state index contributed by atoms with van der Waals surface area (Å²) in [6, 6.07) is 11.0. The number of benzene rings is 1. The highest BCUT2D eigenvalue weighted by atomic mass is 14.5. The van der Waals surface area contributed by atoms with Crippen molar-refractivity contribution >= 4 is 0 Å². The highest BCUT2D eigenvalue weighted by Gasteiger charge is 2.44. The van der Waals surface area contributed by atoms with Crippen LogP contribution in [0.25, 0.3) is 0 Å². The van der Waals surface area contributed by atoms with Crippen LogP contribution >= 0.6 is 0 Å². The first-order valence-corrected chi connectivity index (χ1v) is 5.52. The Kier molecular flexibility index (Phi) is 1.61. The summed E-state index contributed by atoms with van der Waals surface area (Å²) in [5.41, 5.74) is 3.67. The fourth-order valence-corrected chi connectivity index (χ4v) is 3.19. The minimum absolute atomic E-state index is 0.436. The molecule has 0 N–H and O–H groups in total. The summed E-state index contributed by atoms with van der Waals surface area (Å²) in [6.07, 6.45) is 6.41. The molecule has 1 aromatic rings. The normalized spacial score (nSPS) is 34.6. The van der Waals surface area contributed by atoms with Crippen LogP contribution in [-0.4, -0.2) is 0 Å². The average Bonchev–Trinajstić information content (AvgIpc) is 2.79. The Balaban J connectivity index is 2.03. The molecule has 1 fully saturated rings. The van der Waals surface area contributed by atoms with Gasteiger partial charge in [0.1, 0.15) is 0 Å². The van der Waals surface area contributed by atoms with Gasteiger partial charge >= 0.3 is 0 Å². The van der Waals surface area contributed by atoms with E-state index in [1.54, 1.807) is 5.57 Å². The molecule has 0 nitrogen and oxygen atoms in total. The van der Waals surface area contributed by atoms with Gasteiger partial charge in [0.2, 0.25) is 0 Å². The molecule has 0 saturated heterocycles. The molecule has 0 spiro atoms. The molecule has 2 aliphatic rings. The first-order chi connectivity index (χ1) is 6.79. The summed E-state index contributed by atoms with van der Waals surface area (Å²) in [5.74, 6) is 0.875. The lowest BCUT2D eigenvalue weighted by atomic mass is 9.71. The monoisotopic (exact) mass is 184 g/mol. The molecule has 2 aliphatic carbocycles. The van der Waals surface area contributed by atoms with Gasteiger partial charge in [-0.3, -0.25) is 0 Å². The largest absolute Gasteiger partial charge is 0.0850 e. The van der Waals surface area contributed by atoms with Crippen LogP contribution in [0.3, 0.4) is 0 Å². The second kappa shape index (κ2) is 2.73. The number of fused-ring (bicyclic) bond motifs is 2. The lowest BCUT2D eigenvalue weighted by Gasteiger charge is -2.32. The van der Waals surface area contributed by atoms with Crippen molar-refractivity contribution in [3.05, 3.63) is 47.5 Å². The fourth-order valence-electron chi connectivity index (χ4n) is 3.19. The van der Waals surface area contributed by atoms with E-state index in [4.69, 9.17) is 0 Å². The van der Waals surface area contributed by atoms with Crippen molar-refractivity contribution < 1.29 is 0 Å². The van der Waals surface area contributed by atoms with Gasteiger partial charge in [0.15, 0.2) is 0 Å². The third kappa shape index (κ3) is 1.00. The molecule has 0 aromatic heterocycles. The van der Waals surface area contributed by atoms with Crippen molar-refractivity contribution in [3.63, 3.8) is 0 Å². The topological polar surface area (TPSA) is 0 Å². The van der Waals surface area contributed by atoms with Crippen molar-refractivity contribution in [1.82, 2.24) is 0 Å². The number of hydrogen-bond donors (Lipinski definition) is 0. The second-order valence-electron chi connectivity index (χ2n) is 4.96. The SMILES string of the molecule is CC1(c2ccccc2)CC2=CCC1C2. The molecule has 14 heavy (non-hydrogen) atoms. The zero-order chi connectivity index (χ0) is 9.60. The van der Waals surface area contributed by atoms with E-state index in [-0.39, 0.29) is 0 Å². The molecule has 2 atom stereocenters. The number of allylic oxidation sites excluding steroid dienone is 2. The van der Waals surface area contributed by atoms with Crippen molar-refractivity contribution in [2.75, 3.05) is 0 Å². The second-order valence-corrected chi connectivity index (χ2v) is 4.96. The Morgan fingerprint density at radius 2 is 2.00 bits per heavy atom. The highest BCUT2D eigenvalue weighted by Crippen LogP contribution is 2.53. The molecular weight excluding hydrogens is 168 g/mol. The zero-order valence-corrected chi connectivity index (χ0v) is 8.66. The predicted octanol–water partition coefficient (Wildman–Crippen LogP) is 3.68. The van der Waals surface area contributed by atoms with Gasteiger partial charge in [0, 0.05) is 0 Å². The van der Waals surface area contributed by atoms with Gasteiger partial charge in [-0.1, -0.05) is 48.9 Å². The Morgan fingerprint density at radius 1 is 1.21 bits per heavy atom. The molecule has 2 bridgehead atoms. The van der Waals surface area contributed by atoms with E-state index in [2.05, 4.69) is 43.3 Å². The van der Waals surface area contributed by atoms with E-state index in [9.17, 15) is 0 Å². The van der Waals surface area contributed by atoms with Crippen molar-refractivity contribution in [2.24, 2.45) is 5.92 Å². The third-order valence-electron chi connectivity index (χ3n) is 4.13. The van der Waals surface area contributed by atoms with E-state index in [1.165, 1.54) is 24.8 Å². The van der Waals surface area contributed by atoms with Gasteiger partial charge in [0.05, 0.1) is 0 Å². The Labute approximate surface area is 85.6 Å². The lowest BCUT2D eigenvalue weighted by Crippen LogP contribution is -2.27. The quantitative estimate of drug-likeness (QED) is 0.584. The molecule has 0 heterocycles. The molecule has 2 unspecified atom stereocenters. The van der Waals surface area contributed by atoms with Crippen LogP contribution in [0, 0.1) is 5.92 Å². The van der Waals surface area contributed by atoms with Crippen LogP contribution in [0.4, 0.5) is 0 Å². The molecule has 1 aromatic carbocycles. The summed E-state index contributed by atoms with van der Waals surface area (Å²) in [5, 5.41) is 0. The summed E-state index contributed by atoms with van der Waals surface area (Å²) < 4.78 is 0. The minimum atomic E-state index is 0.436. The van der Waals surface area contributed by atoms with Crippen LogP contribution < -0.4 is 0 Å². The average molecular weight is 184 g/mol.